The van der Waals surface area contributed by atoms with Gasteiger partial charge in [0.15, 0.2) is 0 Å². The Bertz CT molecular complexity index is 698. The molecule has 0 spiro atoms. The van der Waals surface area contributed by atoms with Gasteiger partial charge in [-0.2, -0.15) is 0 Å². The van der Waals surface area contributed by atoms with E-state index in [0.717, 1.165) is 0 Å². The smallest absolute Gasteiger partial charge is 0.337 e. The number of para-hydroxylation sites is 2. The molecule has 3 N–H and O–H groups in total. The van der Waals surface area contributed by atoms with Gasteiger partial charge in [-0.1, -0.05) is 12.1 Å². The number of nitrogens with one attached hydrogen (secondary N) is 1. The van der Waals surface area contributed by atoms with Crippen molar-refractivity contribution in [3.05, 3.63) is 54.1 Å². The fourth-order valence-corrected chi connectivity index (χ4v) is 2.06. The fourth-order valence-electron chi connectivity index (χ4n) is 2.06. The van der Waals surface area contributed by atoms with Crippen LogP contribution in [0.3, 0.4) is 0 Å². The lowest BCUT2D eigenvalue weighted by Gasteiger charge is -2.09. The van der Waals surface area contributed by atoms with Gasteiger partial charge in [0.1, 0.15) is 5.75 Å². The normalized spacial score (nSPS) is 10.0. The molecule has 2 rings (SSSR count). The van der Waals surface area contributed by atoms with Gasteiger partial charge in [-0.05, 0) is 42.8 Å². The van der Waals surface area contributed by atoms with E-state index < -0.39 is 5.97 Å². The number of hydrogen-bond acceptors (Lipinski definition) is 5. The van der Waals surface area contributed by atoms with Crippen molar-refractivity contribution in [2.75, 3.05) is 24.8 Å². The Kier molecular flexibility index (Phi) is 6.19. The minimum atomic E-state index is -0.412. The summed E-state index contributed by atoms with van der Waals surface area (Å²) in [7, 11) is 1.32. The summed E-state index contributed by atoms with van der Waals surface area (Å²) in [6, 6.07) is 13.7. The number of hydrogen-bond donors (Lipinski definition) is 2. The van der Waals surface area contributed by atoms with E-state index in [4.69, 9.17) is 10.5 Å². The van der Waals surface area contributed by atoms with Crippen LogP contribution in [0.4, 0.5) is 11.4 Å². The summed E-state index contributed by atoms with van der Waals surface area (Å²) in [5.74, 6) is 0.0898. The van der Waals surface area contributed by atoms with Crippen molar-refractivity contribution in [3.63, 3.8) is 0 Å². The van der Waals surface area contributed by atoms with Crippen molar-refractivity contribution in [2.45, 2.75) is 12.8 Å². The lowest BCUT2D eigenvalue weighted by Crippen LogP contribution is -2.13. The number of amides is 1. The topological polar surface area (TPSA) is 90.6 Å². The van der Waals surface area contributed by atoms with Crippen LogP contribution in [0, 0.1) is 0 Å². The molecule has 0 aromatic heterocycles. The number of methoxy groups -OCH3 is 1. The summed E-state index contributed by atoms with van der Waals surface area (Å²) in [5, 5.41) is 2.76. The Morgan fingerprint density at radius 1 is 1.08 bits per heavy atom. The zero-order chi connectivity index (χ0) is 17.4. The van der Waals surface area contributed by atoms with Crippen molar-refractivity contribution in [1.29, 1.82) is 0 Å². The molecule has 0 saturated heterocycles. The van der Waals surface area contributed by atoms with E-state index in [2.05, 4.69) is 10.1 Å². The summed E-state index contributed by atoms with van der Waals surface area (Å²) < 4.78 is 10.2. The van der Waals surface area contributed by atoms with Gasteiger partial charge in [0.2, 0.25) is 5.91 Å². The van der Waals surface area contributed by atoms with E-state index >= 15 is 0 Å². The van der Waals surface area contributed by atoms with Crippen LogP contribution in [0.1, 0.15) is 23.2 Å². The Morgan fingerprint density at radius 2 is 1.79 bits per heavy atom. The van der Waals surface area contributed by atoms with Crippen LogP contribution in [0.25, 0.3) is 0 Å². The molecular weight excluding hydrogens is 308 g/mol. The lowest BCUT2D eigenvalue weighted by molar-refractivity contribution is -0.116. The molecule has 0 bridgehead atoms. The summed E-state index contributed by atoms with van der Waals surface area (Å²) in [4.78, 5) is 23.2. The number of esters is 1. The maximum Gasteiger partial charge on any atom is 0.337 e. The first kappa shape index (κ1) is 17.3. The summed E-state index contributed by atoms with van der Waals surface area (Å²) in [6.07, 6.45) is 0.895. The summed E-state index contributed by atoms with van der Waals surface area (Å²) in [6.45, 7) is 0.406. The first-order chi connectivity index (χ1) is 11.6. The number of ether oxygens (including phenoxy) is 2. The lowest BCUT2D eigenvalue weighted by atomic mass is 10.2. The SMILES string of the molecule is COC(=O)c1ccc(NC(=O)CCCOc2ccccc2N)cc1. The molecular formula is C18H20N2O4. The molecule has 2 aromatic carbocycles. The third-order valence-corrected chi connectivity index (χ3v) is 3.31. The summed E-state index contributed by atoms with van der Waals surface area (Å²) in [5.41, 5.74) is 7.41. The van der Waals surface area contributed by atoms with Gasteiger partial charge in [-0.3, -0.25) is 4.79 Å². The van der Waals surface area contributed by atoms with Crippen molar-refractivity contribution in [1.82, 2.24) is 0 Å². The molecule has 0 saturated carbocycles. The molecule has 0 fully saturated rings. The number of rotatable bonds is 7. The Balaban J connectivity index is 1.73. The number of anilines is 2. The van der Waals surface area contributed by atoms with Gasteiger partial charge >= 0.3 is 5.97 Å². The van der Waals surface area contributed by atoms with Crippen LogP contribution in [-0.4, -0.2) is 25.6 Å². The van der Waals surface area contributed by atoms with Gasteiger partial charge < -0.3 is 20.5 Å². The molecule has 0 aliphatic carbocycles. The molecule has 0 aliphatic rings. The minimum absolute atomic E-state index is 0.120. The zero-order valence-corrected chi connectivity index (χ0v) is 13.5. The second-order valence-corrected chi connectivity index (χ2v) is 5.11. The minimum Gasteiger partial charge on any atom is -0.491 e. The first-order valence-corrected chi connectivity index (χ1v) is 7.55. The fraction of sp³-hybridized carbons (Fsp3) is 0.222. The molecule has 0 unspecified atom stereocenters. The molecule has 6 heteroatoms. The van der Waals surface area contributed by atoms with Crippen LogP contribution in [0.15, 0.2) is 48.5 Å². The number of nitrogen functional groups attached to an aromatic ring is 1. The maximum atomic E-state index is 11.9. The number of nitrogens with two attached hydrogens (primary N) is 1. The predicted octanol–water partition coefficient (Wildman–Crippen LogP) is 2.85. The average Bonchev–Trinajstić information content (AvgIpc) is 2.60. The number of carbonyl (C=O) groups excluding carboxylic acids is 2. The first-order valence-electron chi connectivity index (χ1n) is 7.55. The molecule has 0 radical (unpaired) electrons. The summed E-state index contributed by atoms with van der Waals surface area (Å²) >= 11 is 0. The molecule has 2 aromatic rings. The molecule has 0 aliphatic heterocycles. The Morgan fingerprint density at radius 3 is 2.46 bits per heavy atom. The van der Waals surface area contributed by atoms with Crippen molar-refractivity contribution in [2.24, 2.45) is 0 Å². The second-order valence-electron chi connectivity index (χ2n) is 5.11. The second kappa shape index (κ2) is 8.57. The Labute approximate surface area is 140 Å². The number of benzene rings is 2. The van der Waals surface area contributed by atoms with Crippen LogP contribution < -0.4 is 15.8 Å². The van der Waals surface area contributed by atoms with E-state index in [9.17, 15) is 9.59 Å². The average molecular weight is 328 g/mol. The molecule has 126 valence electrons. The third-order valence-electron chi connectivity index (χ3n) is 3.31. The highest BCUT2D eigenvalue weighted by Crippen LogP contribution is 2.20. The maximum absolute atomic E-state index is 11.9. The van der Waals surface area contributed by atoms with Gasteiger partial charge in [-0.25, -0.2) is 4.79 Å². The molecule has 0 atom stereocenters. The van der Waals surface area contributed by atoms with E-state index in [1.165, 1.54) is 7.11 Å². The highest BCUT2D eigenvalue weighted by molar-refractivity contribution is 5.93. The molecule has 0 heterocycles. The third kappa shape index (κ3) is 5.01. The van der Waals surface area contributed by atoms with Crippen LogP contribution >= 0.6 is 0 Å². The van der Waals surface area contributed by atoms with Crippen LogP contribution in [0.5, 0.6) is 5.75 Å². The van der Waals surface area contributed by atoms with E-state index in [1.807, 2.05) is 12.1 Å². The highest BCUT2D eigenvalue weighted by atomic mass is 16.5. The standard InChI is InChI=1S/C18H20N2O4/c1-23-18(22)13-8-10-14(11-9-13)20-17(21)7-4-12-24-16-6-3-2-5-15(16)19/h2-3,5-6,8-11H,4,7,12,19H2,1H3,(H,20,21). The van der Waals surface area contributed by atoms with E-state index in [0.29, 0.717) is 42.1 Å². The van der Waals surface area contributed by atoms with Crippen LogP contribution in [0.2, 0.25) is 0 Å². The van der Waals surface area contributed by atoms with E-state index in [-0.39, 0.29) is 5.91 Å². The van der Waals surface area contributed by atoms with E-state index in [1.54, 1.807) is 36.4 Å². The monoisotopic (exact) mass is 328 g/mol. The zero-order valence-electron chi connectivity index (χ0n) is 13.5. The molecule has 6 nitrogen and oxygen atoms in total. The van der Waals surface area contributed by atoms with Gasteiger partial charge in [0.05, 0.1) is 25.0 Å². The predicted molar refractivity (Wildman–Crippen MR) is 92.0 cm³/mol. The highest BCUT2D eigenvalue weighted by Gasteiger charge is 2.07. The van der Waals surface area contributed by atoms with Crippen molar-refractivity contribution < 1.29 is 19.1 Å². The quantitative estimate of drug-likeness (QED) is 0.463. The van der Waals surface area contributed by atoms with Crippen molar-refractivity contribution in [3.8, 4) is 5.75 Å². The van der Waals surface area contributed by atoms with Crippen molar-refractivity contribution >= 4 is 23.3 Å². The number of carbonyl (C=O) groups is 2. The van der Waals surface area contributed by atoms with Crippen LogP contribution in [-0.2, 0) is 9.53 Å². The largest absolute Gasteiger partial charge is 0.491 e. The van der Waals surface area contributed by atoms with Gasteiger partial charge in [-0.15, -0.1) is 0 Å². The van der Waals surface area contributed by atoms with Gasteiger partial charge in [0, 0.05) is 12.1 Å². The Hall–Kier alpha value is -3.02. The van der Waals surface area contributed by atoms with Gasteiger partial charge in [0.25, 0.3) is 0 Å². The molecule has 24 heavy (non-hydrogen) atoms. The molecule has 1 amide bonds.